The number of ether oxygens (including phenoxy) is 2. The van der Waals surface area contributed by atoms with Crippen molar-refractivity contribution in [3.05, 3.63) is 6.07 Å². The van der Waals surface area contributed by atoms with Gasteiger partial charge in [-0.2, -0.15) is 9.97 Å². The van der Waals surface area contributed by atoms with E-state index in [4.69, 9.17) is 21.1 Å². The minimum Gasteiger partial charge on any atom is -0.475 e. The zero-order valence-electron chi connectivity index (χ0n) is 10.1. The van der Waals surface area contributed by atoms with E-state index in [1.165, 1.54) is 0 Å². The highest BCUT2D eigenvalue weighted by Crippen LogP contribution is 2.13. The van der Waals surface area contributed by atoms with Crippen molar-refractivity contribution in [2.24, 2.45) is 11.8 Å². The Labute approximate surface area is 100 Å². The maximum absolute atomic E-state index is 5.48. The highest BCUT2D eigenvalue weighted by Gasteiger charge is 2.02. The van der Waals surface area contributed by atoms with Crippen LogP contribution in [0.3, 0.4) is 0 Å². The molecule has 0 saturated heterocycles. The summed E-state index contributed by atoms with van der Waals surface area (Å²) in [5, 5.41) is 0. The second-order valence-corrected chi connectivity index (χ2v) is 3.91. The Balaban J connectivity index is 2.33. The first-order valence-electron chi connectivity index (χ1n) is 5.43. The van der Waals surface area contributed by atoms with Gasteiger partial charge in [-0.15, -0.1) is 0 Å². The van der Waals surface area contributed by atoms with E-state index in [-0.39, 0.29) is 5.95 Å². The van der Waals surface area contributed by atoms with Gasteiger partial charge < -0.3 is 20.6 Å². The van der Waals surface area contributed by atoms with Gasteiger partial charge in [0, 0.05) is 12.7 Å². The highest BCUT2D eigenvalue weighted by atomic mass is 16.5. The average molecular weight is 241 g/mol. The Bertz CT molecular complexity index is 345. The zero-order valence-corrected chi connectivity index (χ0v) is 10.1. The molecule has 0 aliphatic heterocycles. The molecule has 1 rings (SSSR count). The third kappa shape index (κ3) is 5.32. The fraction of sp³-hybridized carbons (Fsp3) is 0.600. The third-order valence-electron chi connectivity index (χ3n) is 1.80. The van der Waals surface area contributed by atoms with Gasteiger partial charge in [-0.25, -0.2) is 5.84 Å². The van der Waals surface area contributed by atoms with Crippen molar-refractivity contribution < 1.29 is 9.47 Å². The van der Waals surface area contributed by atoms with Crippen LogP contribution in [0, 0.1) is 5.92 Å². The lowest BCUT2D eigenvalue weighted by Crippen LogP contribution is -2.13. The number of aromatic nitrogens is 2. The van der Waals surface area contributed by atoms with Crippen molar-refractivity contribution in [1.29, 1.82) is 0 Å². The maximum atomic E-state index is 5.48. The predicted molar refractivity (Wildman–Crippen MR) is 65.4 cm³/mol. The summed E-state index contributed by atoms with van der Waals surface area (Å²) >= 11 is 0. The molecular formula is C10H19N5O2. The number of nitrogen functional groups attached to an aromatic ring is 2. The highest BCUT2D eigenvalue weighted by molar-refractivity contribution is 5.41. The molecule has 0 radical (unpaired) electrons. The van der Waals surface area contributed by atoms with Gasteiger partial charge in [0.05, 0.1) is 6.61 Å². The minimum absolute atomic E-state index is 0.110. The Hall–Kier alpha value is -1.60. The first-order chi connectivity index (χ1) is 8.11. The molecule has 17 heavy (non-hydrogen) atoms. The lowest BCUT2D eigenvalue weighted by atomic mass is 10.2. The standard InChI is InChI=1S/C10H19N5O2/c1-7(2)6-16-3-4-17-9-5-8(15-12)13-10(11)14-9/h5,7H,3-4,6,12H2,1-2H3,(H3,11,13,14,15). The number of nitrogens with two attached hydrogens (primary N) is 2. The number of rotatable bonds is 7. The second kappa shape index (κ2) is 6.87. The molecule has 0 unspecified atom stereocenters. The quantitative estimate of drug-likeness (QED) is 0.360. The van der Waals surface area contributed by atoms with Crippen LogP contribution in [0.2, 0.25) is 0 Å². The van der Waals surface area contributed by atoms with Crippen LogP contribution in [0.25, 0.3) is 0 Å². The van der Waals surface area contributed by atoms with Crippen LogP contribution in [0.5, 0.6) is 5.88 Å². The van der Waals surface area contributed by atoms with Crippen molar-refractivity contribution in [3.63, 3.8) is 0 Å². The summed E-state index contributed by atoms with van der Waals surface area (Å²) in [5.74, 6) is 6.63. The van der Waals surface area contributed by atoms with Crippen LogP contribution >= 0.6 is 0 Å². The van der Waals surface area contributed by atoms with Gasteiger partial charge in [0.2, 0.25) is 11.8 Å². The van der Waals surface area contributed by atoms with Crippen molar-refractivity contribution in [1.82, 2.24) is 9.97 Å². The topological polar surface area (TPSA) is 108 Å². The summed E-state index contributed by atoms with van der Waals surface area (Å²) in [6.45, 7) is 5.81. The molecule has 0 bridgehead atoms. The van der Waals surface area contributed by atoms with E-state index in [1.807, 2.05) is 0 Å². The van der Waals surface area contributed by atoms with Gasteiger partial charge >= 0.3 is 0 Å². The second-order valence-electron chi connectivity index (χ2n) is 3.91. The molecule has 1 aromatic rings. The zero-order chi connectivity index (χ0) is 12.7. The first kappa shape index (κ1) is 13.5. The van der Waals surface area contributed by atoms with E-state index < -0.39 is 0 Å². The van der Waals surface area contributed by atoms with Crippen LogP contribution in [0.4, 0.5) is 11.8 Å². The molecule has 96 valence electrons. The normalized spacial score (nSPS) is 10.6. The molecular weight excluding hydrogens is 222 g/mol. The fourth-order valence-electron chi connectivity index (χ4n) is 1.11. The van der Waals surface area contributed by atoms with Crippen molar-refractivity contribution >= 4 is 11.8 Å². The molecule has 0 spiro atoms. The molecule has 7 nitrogen and oxygen atoms in total. The summed E-state index contributed by atoms with van der Waals surface area (Å²) in [6.07, 6.45) is 0. The van der Waals surface area contributed by atoms with Crippen LogP contribution in [0.1, 0.15) is 13.8 Å². The molecule has 0 amide bonds. The molecule has 7 heteroatoms. The third-order valence-corrected chi connectivity index (χ3v) is 1.80. The summed E-state index contributed by atoms with van der Waals surface area (Å²) in [5.41, 5.74) is 7.86. The molecule has 1 heterocycles. The van der Waals surface area contributed by atoms with Gasteiger partial charge in [0.15, 0.2) is 0 Å². The van der Waals surface area contributed by atoms with E-state index in [9.17, 15) is 0 Å². The summed E-state index contributed by atoms with van der Waals surface area (Å²) in [7, 11) is 0. The first-order valence-corrected chi connectivity index (χ1v) is 5.43. The average Bonchev–Trinajstić information content (AvgIpc) is 2.27. The molecule has 1 aromatic heterocycles. The number of hydrogen-bond donors (Lipinski definition) is 3. The number of hydrazine groups is 1. The van der Waals surface area contributed by atoms with E-state index in [0.717, 1.165) is 0 Å². The predicted octanol–water partition coefficient (Wildman–Crippen LogP) is 0.396. The van der Waals surface area contributed by atoms with Gasteiger partial charge in [0.1, 0.15) is 12.4 Å². The molecule has 0 fully saturated rings. The van der Waals surface area contributed by atoms with E-state index >= 15 is 0 Å². The number of nitrogens with zero attached hydrogens (tertiary/aromatic N) is 2. The Morgan fingerprint density at radius 2 is 2.12 bits per heavy atom. The largest absolute Gasteiger partial charge is 0.475 e. The van der Waals surface area contributed by atoms with E-state index in [0.29, 0.717) is 37.4 Å². The molecule has 0 atom stereocenters. The molecule has 0 aliphatic rings. The fourth-order valence-corrected chi connectivity index (χ4v) is 1.11. The molecule has 0 saturated carbocycles. The Kier molecular flexibility index (Phi) is 5.44. The van der Waals surface area contributed by atoms with E-state index in [1.54, 1.807) is 6.07 Å². The number of anilines is 2. The van der Waals surface area contributed by atoms with Gasteiger partial charge in [-0.3, -0.25) is 0 Å². The lowest BCUT2D eigenvalue weighted by molar-refractivity contribution is 0.0806. The molecule has 0 aromatic carbocycles. The van der Waals surface area contributed by atoms with Gasteiger partial charge in [-0.05, 0) is 5.92 Å². The summed E-state index contributed by atoms with van der Waals surface area (Å²) < 4.78 is 10.7. The van der Waals surface area contributed by atoms with Crippen LogP contribution in [-0.4, -0.2) is 29.8 Å². The minimum atomic E-state index is 0.110. The van der Waals surface area contributed by atoms with Gasteiger partial charge in [0.25, 0.3) is 0 Å². The van der Waals surface area contributed by atoms with Crippen molar-refractivity contribution in [3.8, 4) is 5.88 Å². The SMILES string of the molecule is CC(C)COCCOc1cc(NN)nc(N)n1. The lowest BCUT2D eigenvalue weighted by Gasteiger charge is -2.09. The summed E-state index contributed by atoms with van der Waals surface area (Å²) in [4.78, 5) is 7.75. The van der Waals surface area contributed by atoms with Crippen LogP contribution in [0.15, 0.2) is 6.07 Å². The van der Waals surface area contributed by atoms with Crippen molar-refractivity contribution in [2.75, 3.05) is 31.0 Å². The van der Waals surface area contributed by atoms with Gasteiger partial charge in [-0.1, -0.05) is 13.8 Å². The number of hydrogen-bond acceptors (Lipinski definition) is 7. The Morgan fingerprint density at radius 1 is 1.35 bits per heavy atom. The smallest absolute Gasteiger partial charge is 0.225 e. The van der Waals surface area contributed by atoms with Crippen LogP contribution in [-0.2, 0) is 4.74 Å². The number of nitrogens with one attached hydrogen (secondary N) is 1. The summed E-state index contributed by atoms with van der Waals surface area (Å²) in [6, 6.07) is 1.57. The van der Waals surface area contributed by atoms with Crippen molar-refractivity contribution in [2.45, 2.75) is 13.8 Å². The Morgan fingerprint density at radius 3 is 2.76 bits per heavy atom. The monoisotopic (exact) mass is 241 g/mol. The molecule has 0 aliphatic carbocycles. The van der Waals surface area contributed by atoms with Crippen LogP contribution < -0.4 is 21.7 Å². The maximum Gasteiger partial charge on any atom is 0.225 e. The van der Waals surface area contributed by atoms with E-state index in [2.05, 4.69) is 29.2 Å². The molecule has 5 N–H and O–H groups in total.